The Morgan fingerprint density at radius 3 is 2.67 bits per heavy atom. The van der Waals surface area contributed by atoms with Crippen LogP contribution in [0.2, 0.25) is 5.02 Å². The summed E-state index contributed by atoms with van der Waals surface area (Å²) in [7, 11) is 3.71. The van der Waals surface area contributed by atoms with E-state index in [-0.39, 0.29) is 23.2 Å². The molecule has 0 bridgehead atoms. The van der Waals surface area contributed by atoms with Gasteiger partial charge in [0.15, 0.2) is 0 Å². The Kier molecular flexibility index (Phi) is 5.77. The minimum absolute atomic E-state index is 0.0281. The maximum atomic E-state index is 13.5. The standard InChI is InChI=1S/C22H29ClN4O3/c1-14(2)19-24-25-20(30-19)17-12-27(13-22(17)7-9-26(3)10-8-22)21(28)16-11-15(23)5-6-18(16)29-4/h5-6,11,14,17H,7-10,12-13H2,1-4H3. The summed E-state index contributed by atoms with van der Waals surface area (Å²) in [4.78, 5) is 17.7. The van der Waals surface area contributed by atoms with Crippen LogP contribution in [0.25, 0.3) is 0 Å². The highest BCUT2D eigenvalue weighted by Gasteiger charge is 2.52. The van der Waals surface area contributed by atoms with Crippen LogP contribution in [0, 0.1) is 5.41 Å². The van der Waals surface area contributed by atoms with Gasteiger partial charge >= 0.3 is 0 Å². The molecule has 1 spiro atoms. The third-order valence-electron chi connectivity index (χ3n) is 6.56. The van der Waals surface area contributed by atoms with Crippen LogP contribution in [0.1, 0.15) is 60.7 Å². The molecule has 0 saturated carbocycles. The maximum absolute atomic E-state index is 13.5. The third kappa shape index (κ3) is 3.81. The molecule has 8 heteroatoms. The third-order valence-corrected chi connectivity index (χ3v) is 6.79. The normalized spacial score (nSPS) is 21.5. The molecule has 4 rings (SSSR count). The van der Waals surface area contributed by atoms with Gasteiger partial charge in [-0.2, -0.15) is 0 Å². The number of hydrogen-bond acceptors (Lipinski definition) is 6. The van der Waals surface area contributed by atoms with Crippen LogP contribution in [0.4, 0.5) is 0 Å². The fourth-order valence-electron chi connectivity index (χ4n) is 4.67. The van der Waals surface area contributed by atoms with Crippen LogP contribution in [-0.4, -0.2) is 66.2 Å². The van der Waals surface area contributed by atoms with Crippen LogP contribution < -0.4 is 4.74 Å². The van der Waals surface area contributed by atoms with Gasteiger partial charge in [-0.3, -0.25) is 4.79 Å². The number of carbonyl (C=O) groups is 1. The first-order valence-corrected chi connectivity index (χ1v) is 10.9. The Morgan fingerprint density at radius 2 is 2.03 bits per heavy atom. The number of ether oxygens (including phenoxy) is 1. The minimum Gasteiger partial charge on any atom is -0.496 e. The lowest BCUT2D eigenvalue weighted by Gasteiger charge is -2.40. The molecule has 1 unspecified atom stereocenters. The van der Waals surface area contributed by atoms with E-state index in [1.807, 2.05) is 18.7 Å². The highest BCUT2D eigenvalue weighted by molar-refractivity contribution is 6.31. The largest absolute Gasteiger partial charge is 0.496 e. The van der Waals surface area contributed by atoms with Gasteiger partial charge in [-0.15, -0.1) is 10.2 Å². The van der Waals surface area contributed by atoms with Crippen LogP contribution >= 0.6 is 11.6 Å². The molecule has 7 nitrogen and oxygen atoms in total. The molecular weight excluding hydrogens is 404 g/mol. The van der Waals surface area contributed by atoms with Gasteiger partial charge < -0.3 is 19.0 Å². The molecule has 2 aromatic rings. The van der Waals surface area contributed by atoms with Crippen molar-refractivity contribution >= 4 is 17.5 Å². The topological polar surface area (TPSA) is 71.7 Å². The first kappa shape index (κ1) is 21.1. The lowest BCUT2D eigenvalue weighted by atomic mass is 9.71. The zero-order valence-corrected chi connectivity index (χ0v) is 18.8. The van der Waals surface area contributed by atoms with Crippen LogP contribution in [0.15, 0.2) is 22.6 Å². The van der Waals surface area contributed by atoms with E-state index in [4.69, 9.17) is 20.8 Å². The molecule has 1 atom stereocenters. The van der Waals surface area contributed by atoms with E-state index in [1.165, 1.54) is 0 Å². The van der Waals surface area contributed by atoms with Crippen LogP contribution in [-0.2, 0) is 0 Å². The quantitative estimate of drug-likeness (QED) is 0.731. The number of carbonyl (C=O) groups excluding carboxylic acids is 1. The highest BCUT2D eigenvalue weighted by atomic mass is 35.5. The Hall–Kier alpha value is -2.12. The van der Waals surface area contributed by atoms with E-state index in [0.717, 1.165) is 25.9 Å². The second kappa shape index (κ2) is 8.19. The number of methoxy groups -OCH3 is 1. The number of amides is 1. The second-order valence-corrected chi connectivity index (χ2v) is 9.32. The van der Waals surface area contributed by atoms with Crippen molar-refractivity contribution in [1.29, 1.82) is 0 Å². The van der Waals surface area contributed by atoms with E-state index in [1.54, 1.807) is 25.3 Å². The fraction of sp³-hybridized carbons (Fsp3) is 0.591. The molecule has 2 fully saturated rings. The van der Waals surface area contributed by atoms with Crippen molar-refractivity contribution in [2.24, 2.45) is 5.41 Å². The molecule has 30 heavy (non-hydrogen) atoms. The van der Waals surface area contributed by atoms with E-state index in [9.17, 15) is 4.79 Å². The van der Waals surface area contributed by atoms with Crippen molar-refractivity contribution < 1.29 is 13.9 Å². The summed E-state index contributed by atoms with van der Waals surface area (Å²) in [6.07, 6.45) is 1.98. The van der Waals surface area contributed by atoms with E-state index < -0.39 is 0 Å². The number of rotatable bonds is 4. The van der Waals surface area contributed by atoms with Crippen molar-refractivity contribution in [3.05, 3.63) is 40.6 Å². The minimum atomic E-state index is -0.0706. The Balaban J connectivity index is 1.67. The Morgan fingerprint density at radius 1 is 1.30 bits per heavy atom. The molecule has 0 radical (unpaired) electrons. The van der Waals surface area contributed by atoms with Gasteiger partial charge in [0.1, 0.15) is 5.75 Å². The summed E-state index contributed by atoms with van der Waals surface area (Å²) in [5, 5.41) is 9.16. The number of benzene rings is 1. The Labute approximate surface area is 182 Å². The van der Waals surface area contributed by atoms with Gasteiger partial charge in [0.05, 0.1) is 18.6 Å². The molecular formula is C22H29ClN4O3. The summed E-state index contributed by atoms with van der Waals surface area (Å²) in [6, 6.07) is 5.15. The van der Waals surface area contributed by atoms with Gasteiger partial charge in [-0.05, 0) is 51.2 Å². The summed E-state index contributed by atoms with van der Waals surface area (Å²) in [5.74, 6) is 1.96. The van der Waals surface area contributed by atoms with Crippen molar-refractivity contribution in [3.63, 3.8) is 0 Å². The first-order chi connectivity index (χ1) is 14.3. The maximum Gasteiger partial charge on any atom is 0.257 e. The Bertz CT molecular complexity index is 921. The molecule has 1 aromatic heterocycles. The molecule has 2 saturated heterocycles. The average molecular weight is 433 g/mol. The first-order valence-electron chi connectivity index (χ1n) is 10.5. The monoisotopic (exact) mass is 432 g/mol. The molecule has 0 N–H and O–H groups in total. The molecule has 0 aliphatic carbocycles. The van der Waals surface area contributed by atoms with Crippen molar-refractivity contribution in [1.82, 2.24) is 20.0 Å². The van der Waals surface area contributed by atoms with Gasteiger partial charge in [0.25, 0.3) is 5.91 Å². The predicted octanol–water partition coefficient (Wildman–Crippen LogP) is 3.81. The second-order valence-electron chi connectivity index (χ2n) is 8.88. The zero-order valence-electron chi connectivity index (χ0n) is 18.0. The van der Waals surface area contributed by atoms with E-state index in [2.05, 4.69) is 22.1 Å². The number of likely N-dealkylation sites (tertiary alicyclic amines) is 2. The van der Waals surface area contributed by atoms with Crippen molar-refractivity contribution in [2.45, 2.75) is 38.5 Å². The van der Waals surface area contributed by atoms with Crippen LogP contribution in [0.3, 0.4) is 0 Å². The van der Waals surface area contributed by atoms with E-state index in [0.29, 0.717) is 41.2 Å². The molecule has 2 aliphatic heterocycles. The van der Waals surface area contributed by atoms with Gasteiger partial charge in [-0.25, -0.2) is 0 Å². The summed E-state index contributed by atoms with van der Waals surface area (Å²) in [5.41, 5.74) is 0.427. The molecule has 1 amide bonds. The van der Waals surface area contributed by atoms with Gasteiger partial charge in [-0.1, -0.05) is 25.4 Å². The number of aromatic nitrogens is 2. The summed E-state index contributed by atoms with van der Waals surface area (Å²) >= 11 is 6.17. The number of piperidine rings is 1. The zero-order chi connectivity index (χ0) is 21.5. The summed E-state index contributed by atoms with van der Waals surface area (Å²) < 4.78 is 11.5. The van der Waals surface area contributed by atoms with Crippen LogP contribution in [0.5, 0.6) is 5.75 Å². The molecule has 2 aliphatic rings. The summed E-state index contributed by atoms with van der Waals surface area (Å²) in [6.45, 7) is 7.28. The fourth-order valence-corrected chi connectivity index (χ4v) is 4.84. The highest BCUT2D eigenvalue weighted by Crippen LogP contribution is 2.50. The molecule has 1 aromatic carbocycles. The van der Waals surface area contributed by atoms with Gasteiger partial charge in [0, 0.05) is 29.4 Å². The van der Waals surface area contributed by atoms with Crippen molar-refractivity contribution in [3.8, 4) is 5.75 Å². The SMILES string of the molecule is COc1ccc(Cl)cc1C(=O)N1CC(c2nnc(C(C)C)o2)C2(CCN(C)CC2)C1. The molecule has 3 heterocycles. The smallest absolute Gasteiger partial charge is 0.257 e. The van der Waals surface area contributed by atoms with Gasteiger partial charge in [0.2, 0.25) is 11.8 Å². The number of nitrogens with zero attached hydrogens (tertiary/aromatic N) is 4. The number of hydrogen-bond donors (Lipinski definition) is 0. The lowest BCUT2D eigenvalue weighted by Crippen LogP contribution is -2.42. The number of halogens is 1. The average Bonchev–Trinajstić information content (AvgIpc) is 3.35. The predicted molar refractivity (Wildman–Crippen MR) is 114 cm³/mol. The molecule has 162 valence electrons. The van der Waals surface area contributed by atoms with E-state index >= 15 is 0 Å². The lowest BCUT2D eigenvalue weighted by molar-refractivity contribution is 0.0724. The van der Waals surface area contributed by atoms with Crippen molar-refractivity contribution in [2.75, 3.05) is 40.3 Å².